The lowest BCUT2D eigenvalue weighted by molar-refractivity contribution is 0.0474. The number of Topliss-reactive ketones (excluding diaryl/α,β-unsaturated/α-hetero) is 1. The van der Waals surface area contributed by atoms with Crippen LogP contribution in [0.1, 0.15) is 26.4 Å². The van der Waals surface area contributed by atoms with Crippen LogP contribution in [-0.2, 0) is 4.74 Å². The highest BCUT2D eigenvalue weighted by atomic mass is 35.5. The van der Waals surface area contributed by atoms with Crippen molar-refractivity contribution in [2.24, 2.45) is 0 Å². The molecule has 0 radical (unpaired) electrons. The molecule has 3 aromatic carbocycles. The second-order valence-corrected chi connectivity index (χ2v) is 8.28. The molecule has 0 spiro atoms. The Morgan fingerprint density at radius 1 is 0.971 bits per heavy atom. The molecule has 0 atom stereocenters. The fourth-order valence-electron chi connectivity index (χ4n) is 4.01. The Morgan fingerprint density at radius 3 is 2.40 bits per heavy atom. The molecule has 174 valence electrons. The highest BCUT2D eigenvalue weighted by Gasteiger charge is 2.25. The number of aryl methyl sites for hydroxylation is 1. The van der Waals surface area contributed by atoms with E-state index in [2.05, 4.69) is 10.1 Å². The minimum Gasteiger partial charge on any atom is -0.454 e. The summed E-state index contributed by atoms with van der Waals surface area (Å²) < 4.78 is 20.0. The molecule has 35 heavy (non-hydrogen) atoms. The maximum Gasteiger partial charge on any atom is 0.343 e. The van der Waals surface area contributed by atoms with E-state index in [-0.39, 0.29) is 16.5 Å². The largest absolute Gasteiger partial charge is 0.454 e. The van der Waals surface area contributed by atoms with E-state index in [9.17, 15) is 14.0 Å². The number of halogens is 2. The van der Waals surface area contributed by atoms with Crippen LogP contribution in [0.5, 0.6) is 0 Å². The Morgan fingerprint density at radius 2 is 1.66 bits per heavy atom. The van der Waals surface area contributed by atoms with Gasteiger partial charge in [0.15, 0.2) is 6.61 Å². The fourth-order valence-corrected chi connectivity index (χ4v) is 4.36. The standard InChI is InChI=1S/C27H19ClFN3O3/c1-16-23(26(28)32(31-16)19-13-11-18(29)12-14-19)27(34)35-15-22(33)24-20-9-5-6-10-21(20)30-25(24)17-7-3-2-4-8-17/h2-14,30H,15H2,1H3. The lowest BCUT2D eigenvalue weighted by Gasteiger charge is -2.07. The number of ketones is 1. The SMILES string of the molecule is Cc1nn(-c2ccc(F)cc2)c(Cl)c1C(=O)OCC(=O)c1c(-c2ccccc2)[nH]c2ccccc12. The summed E-state index contributed by atoms with van der Waals surface area (Å²) in [5.74, 6) is -1.52. The van der Waals surface area contributed by atoms with Gasteiger partial charge in [0.2, 0.25) is 5.78 Å². The number of benzene rings is 3. The molecule has 2 heterocycles. The van der Waals surface area contributed by atoms with Gasteiger partial charge in [-0.2, -0.15) is 5.10 Å². The van der Waals surface area contributed by atoms with Crippen LogP contribution in [-0.4, -0.2) is 33.1 Å². The Hall–Kier alpha value is -4.23. The third kappa shape index (κ3) is 4.22. The first-order valence-corrected chi connectivity index (χ1v) is 11.2. The summed E-state index contributed by atoms with van der Waals surface area (Å²) in [7, 11) is 0. The molecule has 0 fully saturated rings. The van der Waals surface area contributed by atoms with Crippen molar-refractivity contribution in [1.29, 1.82) is 0 Å². The molecule has 5 rings (SSSR count). The third-order valence-electron chi connectivity index (χ3n) is 5.66. The van der Waals surface area contributed by atoms with Gasteiger partial charge in [0.05, 0.1) is 22.6 Å². The highest BCUT2D eigenvalue weighted by molar-refractivity contribution is 6.33. The minimum absolute atomic E-state index is 0.0172. The molecule has 5 aromatic rings. The fraction of sp³-hybridized carbons (Fsp3) is 0.0741. The Balaban J connectivity index is 1.42. The lowest BCUT2D eigenvalue weighted by Crippen LogP contribution is -2.15. The number of ether oxygens (including phenoxy) is 1. The average Bonchev–Trinajstić information content (AvgIpc) is 3.40. The van der Waals surface area contributed by atoms with E-state index in [1.54, 1.807) is 6.92 Å². The number of hydrogen-bond donors (Lipinski definition) is 1. The molecule has 0 bridgehead atoms. The van der Waals surface area contributed by atoms with Crippen molar-refractivity contribution < 1.29 is 18.7 Å². The van der Waals surface area contributed by atoms with Crippen LogP contribution < -0.4 is 0 Å². The zero-order chi connectivity index (χ0) is 24.5. The molecule has 0 amide bonds. The van der Waals surface area contributed by atoms with E-state index in [1.807, 2.05) is 54.6 Å². The smallest absolute Gasteiger partial charge is 0.343 e. The topological polar surface area (TPSA) is 77.0 Å². The Bertz CT molecular complexity index is 1560. The van der Waals surface area contributed by atoms with E-state index in [0.29, 0.717) is 22.6 Å². The molecule has 8 heteroatoms. The molecule has 0 aliphatic rings. The quantitative estimate of drug-likeness (QED) is 0.230. The van der Waals surface area contributed by atoms with Gasteiger partial charge in [0.25, 0.3) is 0 Å². The average molecular weight is 488 g/mol. The van der Waals surface area contributed by atoms with Gasteiger partial charge < -0.3 is 9.72 Å². The number of carbonyl (C=O) groups is 2. The number of nitrogens with one attached hydrogen (secondary N) is 1. The van der Waals surface area contributed by atoms with Crippen molar-refractivity contribution in [2.75, 3.05) is 6.61 Å². The first-order chi connectivity index (χ1) is 16.9. The van der Waals surface area contributed by atoms with E-state index in [1.165, 1.54) is 28.9 Å². The van der Waals surface area contributed by atoms with Crippen molar-refractivity contribution >= 4 is 34.3 Å². The predicted octanol–water partition coefficient (Wildman–Crippen LogP) is 6.16. The van der Waals surface area contributed by atoms with Gasteiger partial charge in [-0.1, -0.05) is 60.1 Å². The summed E-state index contributed by atoms with van der Waals surface area (Å²) in [5.41, 5.74) is 3.62. The number of rotatable bonds is 6. The minimum atomic E-state index is -0.768. The van der Waals surface area contributed by atoms with Gasteiger partial charge in [0.1, 0.15) is 16.5 Å². The lowest BCUT2D eigenvalue weighted by atomic mass is 10.0. The third-order valence-corrected chi connectivity index (χ3v) is 6.01. The van der Waals surface area contributed by atoms with Crippen molar-refractivity contribution in [2.45, 2.75) is 6.92 Å². The summed E-state index contributed by atoms with van der Waals surface area (Å²) in [5, 5.41) is 5.03. The summed E-state index contributed by atoms with van der Waals surface area (Å²) in [6.07, 6.45) is 0. The number of aromatic amines is 1. The molecule has 2 aromatic heterocycles. The summed E-state index contributed by atoms with van der Waals surface area (Å²) in [6.45, 7) is 1.13. The zero-order valence-electron chi connectivity index (χ0n) is 18.6. The highest BCUT2D eigenvalue weighted by Crippen LogP contribution is 2.31. The monoisotopic (exact) mass is 487 g/mol. The number of hydrogen-bond acceptors (Lipinski definition) is 4. The maximum absolute atomic E-state index is 13.3. The number of aromatic nitrogens is 3. The van der Waals surface area contributed by atoms with Crippen LogP contribution in [0, 0.1) is 12.7 Å². The molecule has 0 saturated heterocycles. The van der Waals surface area contributed by atoms with Crippen molar-refractivity contribution in [1.82, 2.24) is 14.8 Å². The van der Waals surface area contributed by atoms with E-state index in [4.69, 9.17) is 16.3 Å². The Labute approximate surface area is 204 Å². The van der Waals surface area contributed by atoms with Gasteiger partial charge in [0, 0.05) is 10.9 Å². The second-order valence-electron chi connectivity index (χ2n) is 7.93. The first kappa shape index (κ1) is 22.6. The van der Waals surface area contributed by atoms with Gasteiger partial charge in [-0.3, -0.25) is 4.79 Å². The number of para-hydroxylation sites is 1. The van der Waals surface area contributed by atoms with Crippen LogP contribution in [0.4, 0.5) is 4.39 Å². The number of fused-ring (bicyclic) bond motifs is 1. The molecular weight excluding hydrogens is 469 g/mol. The maximum atomic E-state index is 13.3. The van der Waals surface area contributed by atoms with Gasteiger partial charge in [-0.15, -0.1) is 0 Å². The second kappa shape index (κ2) is 9.19. The van der Waals surface area contributed by atoms with Crippen LogP contribution in [0.25, 0.3) is 27.8 Å². The number of nitrogens with zero attached hydrogens (tertiary/aromatic N) is 2. The first-order valence-electron chi connectivity index (χ1n) is 10.8. The molecule has 0 saturated carbocycles. The van der Waals surface area contributed by atoms with Gasteiger partial charge in [-0.05, 0) is 42.8 Å². The Kier molecular flexibility index (Phi) is 5.93. The van der Waals surface area contributed by atoms with E-state index in [0.717, 1.165) is 16.5 Å². The van der Waals surface area contributed by atoms with Crippen molar-refractivity contribution in [3.8, 4) is 16.9 Å². The summed E-state index contributed by atoms with van der Waals surface area (Å²) in [6, 6.07) is 22.5. The van der Waals surface area contributed by atoms with Crippen molar-refractivity contribution in [3.05, 3.63) is 107 Å². The summed E-state index contributed by atoms with van der Waals surface area (Å²) >= 11 is 6.41. The predicted molar refractivity (Wildman–Crippen MR) is 132 cm³/mol. The normalized spacial score (nSPS) is 11.1. The van der Waals surface area contributed by atoms with E-state index >= 15 is 0 Å². The number of carbonyl (C=O) groups excluding carboxylic acids is 2. The molecule has 0 aliphatic carbocycles. The molecular formula is C27H19ClFN3O3. The van der Waals surface area contributed by atoms with Gasteiger partial charge in [-0.25, -0.2) is 13.9 Å². The van der Waals surface area contributed by atoms with Crippen LogP contribution in [0.2, 0.25) is 5.15 Å². The molecule has 1 N–H and O–H groups in total. The number of esters is 1. The van der Waals surface area contributed by atoms with E-state index < -0.39 is 18.4 Å². The van der Waals surface area contributed by atoms with Crippen LogP contribution in [0.15, 0.2) is 78.9 Å². The molecule has 0 unspecified atom stereocenters. The molecule has 6 nitrogen and oxygen atoms in total. The van der Waals surface area contributed by atoms with Crippen molar-refractivity contribution in [3.63, 3.8) is 0 Å². The van der Waals surface area contributed by atoms with Crippen LogP contribution >= 0.6 is 11.6 Å². The number of H-pyrrole nitrogens is 1. The summed E-state index contributed by atoms with van der Waals surface area (Å²) in [4.78, 5) is 29.5. The van der Waals surface area contributed by atoms with Gasteiger partial charge >= 0.3 is 5.97 Å². The molecule has 0 aliphatic heterocycles. The zero-order valence-corrected chi connectivity index (χ0v) is 19.3. The van der Waals surface area contributed by atoms with Crippen LogP contribution in [0.3, 0.4) is 0 Å².